The van der Waals surface area contributed by atoms with E-state index in [2.05, 4.69) is 42.9 Å². The smallest absolute Gasteiger partial charge is 0.421 e. The molecule has 1 spiro atoms. The second-order valence-electron chi connectivity index (χ2n) is 13.6. The van der Waals surface area contributed by atoms with Gasteiger partial charge in [0.1, 0.15) is 17.1 Å². The molecule has 12 nitrogen and oxygen atoms in total. The molecule has 2 saturated heterocycles. The van der Waals surface area contributed by atoms with E-state index in [0.717, 1.165) is 57.8 Å². The molecule has 2 amide bonds. The molecule has 2 saturated carbocycles. The van der Waals surface area contributed by atoms with Crippen LogP contribution in [0.2, 0.25) is 0 Å². The lowest BCUT2D eigenvalue weighted by Gasteiger charge is -2.30. The average molecular weight is 687 g/mol. The van der Waals surface area contributed by atoms with E-state index in [0.29, 0.717) is 49.7 Å². The van der Waals surface area contributed by atoms with E-state index in [4.69, 9.17) is 9.47 Å². The maximum absolute atomic E-state index is 14.1. The van der Waals surface area contributed by atoms with E-state index in [1.54, 1.807) is 24.4 Å². The van der Waals surface area contributed by atoms with Gasteiger partial charge in [-0.3, -0.25) is 14.5 Å². The minimum Gasteiger partial charge on any atom is -0.495 e. The zero-order chi connectivity index (χ0) is 34.6. The molecule has 3 unspecified atom stereocenters. The Hall–Kier alpha value is -3.82. The van der Waals surface area contributed by atoms with Gasteiger partial charge in [-0.15, -0.1) is 0 Å². The van der Waals surface area contributed by atoms with E-state index >= 15 is 0 Å². The van der Waals surface area contributed by atoms with Crippen molar-refractivity contribution in [3.05, 3.63) is 35.5 Å². The van der Waals surface area contributed by atoms with Gasteiger partial charge < -0.3 is 30.3 Å². The van der Waals surface area contributed by atoms with E-state index in [9.17, 15) is 22.8 Å². The second-order valence-corrected chi connectivity index (χ2v) is 13.6. The van der Waals surface area contributed by atoms with Crippen molar-refractivity contribution in [2.75, 3.05) is 70.7 Å². The monoisotopic (exact) mass is 686 g/mol. The first-order valence-corrected chi connectivity index (χ1v) is 17.1. The molecule has 4 aliphatic rings. The van der Waals surface area contributed by atoms with Gasteiger partial charge in [0.2, 0.25) is 5.95 Å². The molecule has 6 rings (SSSR count). The number of aliphatic imine (C=N–C) groups is 1. The third-order valence-corrected chi connectivity index (χ3v) is 10.3. The number of halogens is 3. The number of morpholine rings is 1. The van der Waals surface area contributed by atoms with Crippen molar-refractivity contribution in [1.82, 2.24) is 25.1 Å². The summed E-state index contributed by atoms with van der Waals surface area (Å²) in [6, 6.07) is 4.66. The molecule has 3 heterocycles. The van der Waals surface area contributed by atoms with Gasteiger partial charge in [-0.1, -0.05) is 12.8 Å². The fourth-order valence-corrected chi connectivity index (χ4v) is 7.28. The Morgan fingerprint density at radius 1 is 1.14 bits per heavy atom. The lowest BCUT2D eigenvalue weighted by molar-refractivity contribution is -0.137. The summed E-state index contributed by atoms with van der Waals surface area (Å²) in [7, 11) is 3.50. The van der Waals surface area contributed by atoms with Gasteiger partial charge in [0.15, 0.2) is 0 Å². The SMILES string of the molecule is COc1cc(C(=O)NC2CCN(C)CC2)ccc1Nc1ncc(C(F)(F)F)c(NC2CC23CCCCC3C=NC(=O)CN2CCOCC2)n1. The number of amides is 2. The Kier molecular flexibility index (Phi) is 10.7. The molecule has 1 aromatic heterocycles. The van der Waals surface area contributed by atoms with Crippen LogP contribution in [-0.2, 0) is 15.7 Å². The van der Waals surface area contributed by atoms with Crippen molar-refractivity contribution in [3.63, 3.8) is 0 Å². The molecule has 0 bridgehead atoms. The Labute approximate surface area is 284 Å². The van der Waals surface area contributed by atoms with Crippen LogP contribution in [0.15, 0.2) is 29.4 Å². The minimum atomic E-state index is -4.68. The molecule has 266 valence electrons. The topological polar surface area (TPSA) is 133 Å². The molecule has 3 N–H and O–H groups in total. The summed E-state index contributed by atoms with van der Waals surface area (Å²) in [5.74, 6) is -0.516. The number of aromatic nitrogens is 2. The summed E-state index contributed by atoms with van der Waals surface area (Å²) in [5.41, 5.74) is -0.452. The van der Waals surface area contributed by atoms with Crippen LogP contribution in [0.3, 0.4) is 0 Å². The molecule has 2 aliphatic carbocycles. The Balaban J connectivity index is 1.14. The number of piperidine rings is 1. The average Bonchev–Trinajstić information content (AvgIpc) is 3.76. The molecule has 49 heavy (non-hydrogen) atoms. The zero-order valence-corrected chi connectivity index (χ0v) is 28.0. The summed E-state index contributed by atoms with van der Waals surface area (Å²) in [5, 5.41) is 9.13. The first-order valence-electron chi connectivity index (χ1n) is 17.1. The molecule has 1 aromatic carbocycles. The number of hydrogen-bond acceptors (Lipinski definition) is 10. The van der Waals surface area contributed by atoms with Crippen molar-refractivity contribution in [2.45, 2.75) is 63.2 Å². The maximum Gasteiger partial charge on any atom is 0.421 e. The number of nitrogens with zero attached hydrogens (tertiary/aromatic N) is 5. The summed E-state index contributed by atoms with van der Waals surface area (Å²) in [6.45, 7) is 4.61. The van der Waals surface area contributed by atoms with Crippen LogP contribution in [0.25, 0.3) is 0 Å². The molecule has 0 radical (unpaired) electrons. The molecular weight excluding hydrogens is 641 g/mol. The standard InChI is InChI=1S/C34H45F3N8O4/c1-44-11-8-24(9-12-44)40-31(47)22-6-7-26(27(17-22)48-2)41-32-39-20-25(34(35,36)37)30(43-32)42-28-18-33(28)10-4-3-5-23(33)19-38-29(46)21-45-13-15-49-16-14-45/h6-7,17,19-20,23-24,28H,3-5,8-16,18,21H2,1-2H3,(H,40,47)(H2,39,41,42,43). The summed E-state index contributed by atoms with van der Waals surface area (Å²) < 4.78 is 53.3. The fourth-order valence-electron chi connectivity index (χ4n) is 7.28. The number of rotatable bonds is 10. The van der Waals surface area contributed by atoms with Crippen LogP contribution >= 0.6 is 0 Å². The van der Waals surface area contributed by atoms with Crippen molar-refractivity contribution < 1.29 is 32.2 Å². The predicted molar refractivity (Wildman–Crippen MR) is 178 cm³/mol. The van der Waals surface area contributed by atoms with Crippen LogP contribution in [0, 0.1) is 11.3 Å². The zero-order valence-electron chi connectivity index (χ0n) is 28.0. The highest BCUT2D eigenvalue weighted by molar-refractivity contribution is 5.95. The van der Waals surface area contributed by atoms with Crippen molar-refractivity contribution in [3.8, 4) is 5.75 Å². The largest absolute Gasteiger partial charge is 0.495 e. The number of anilines is 3. The highest BCUT2D eigenvalue weighted by Gasteiger charge is 2.59. The first kappa shape index (κ1) is 35.0. The fraction of sp³-hybridized carbons (Fsp3) is 0.618. The number of benzene rings is 1. The van der Waals surface area contributed by atoms with Gasteiger partial charge in [-0.2, -0.15) is 18.2 Å². The van der Waals surface area contributed by atoms with Crippen LogP contribution in [0.1, 0.15) is 60.9 Å². The molecular formula is C34H45F3N8O4. The molecule has 15 heteroatoms. The number of ether oxygens (including phenoxy) is 2. The predicted octanol–water partition coefficient (Wildman–Crippen LogP) is 4.36. The van der Waals surface area contributed by atoms with Gasteiger partial charge in [0.25, 0.3) is 11.8 Å². The molecule has 3 atom stereocenters. The van der Waals surface area contributed by atoms with Gasteiger partial charge in [0, 0.05) is 54.5 Å². The number of hydrogen-bond donors (Lipinski definition) is 3. The molecule has 2 aromatic rings. The highest BCUT2D eigenvalue weighted by Crippen LogP contribution is 2.60. The van der Waals surface area contributed by atoms with Crippen molar-refractivity contribution in [1.29, 1.82) is 0 Å². The van der Waals surface area contributed by atoms with Crippen LogP contribution in [0.4, 0.5) is 30.6 Å². The normalized spacial score (nSPS) is 25.3. The number of likely N-dealkylation sites (tertiary alicyclic amines) is 1. The number of nitrogens with one attached hydrogen (secondary N) is 3. The van der Waals surface area contributed by atoms with E-state index in [-0.39, 0.29) is 53.5 Å². The molecule has 2 aliphatic heterocycles. The second kappa shape index (κ2) is 15.0. The number of carbonyl (C=O) groups is 2. The summed E-state index contributed by atoms with van der Waals surface area (Å²) >= 11 is 0. The third-order valence-electron chi connectivity index (χ3n) is 10.3. The number of carbonyl (C=O) groups excluding carboxylic acids is 2. The number of alkyl halides is 3. The lowest BCUT2D eigenvalue weighted by Crippen LogP contribution is -2.43. The summed E-state index contributed by atoms with van der Waals surface area (Å²) in [4.78, 5) is 42.3. The van der Waals surface area contributed by atoms with E-state index in [1.165, 1.54) is 7.11 Å². The number of methoxy groups -OCH3 is 1. The molecule has 4 fully saturated rings. The van der Waals surface area contributed by atoms with Crippen LogP contribution in [-0.4, -0.2) is 110 Å². The maximum atomic E-state index is 14.1. The van der Waals surface area contributed by atoms with E-state index < -0.39 is 11.7 Å². The Morgan fingerprint density at radius 2 is 1.92 bits per heavy atom. The quantitative estimate of drug-likeness (QED) is 0.310. The Bertz CT molecular complexity index is 1530. The van der Waals surface area contributed by atoms with Gasteiger partial charge in [-0.05, 0) is 70.4 Å². The minimum absolute atomic E-state index is 0.0272. The van der Waals surface area contributed by atoms with Gasteiger partial charge in [-0.25, -0.2) is 9.98 Å². The summed E-state index contributed by atoms with van der Waals surface area (Å²) in [6.07, 6.45) is 3.78. The van der Waals surface area contributed by atoms with Crippen molar-refractivity contribution >= 4 is 35.5 Å². The van der Waals surface area contributed by atoms with Gasteiger partial charge in [0.05, 0.1) is 32.6 Å². The first-order chi connectivity index (χ1) is 23.5. The van der Waals surface area contributed by atoms with Gasteiger partial charge >= 0.3 is 6.18 Å². The van der Waals surface area contributed by atoms with Crippen LogP contribution in [0.5, 0.6) is 5.75 Å². The van der Waals surface area contributed by atoms with Crippen LogP contribution < -0.4 is 20.7 Å². The third kappa shape index (κ3) is 8.50. The highest BCUT2D eigenvalue weighted by atomic mass is 19.4. The lowest BCUT2D eigenvalue weighted by atomic mass is 9.76. The van der Waals surface area contributed by atoms with Crippen molar-refractivity contribution in [2.24, 2.45) is 16.3 Å². The Morgan fingerprint density at radius 3 is 2.65 bits per heavy atom. The van der Waals surface area contributed by atoms with E-state index in [1.807, 2.05) is 4.90 Å².